The van der Waals surface area contributed by atoms with Gasteiger partial charge in [-0.3, -0.25) is 0 Å². The van der Waals surface area contributed by atoms with Gasteiger partial charge >= 0.3 is 0 Å². The van der Waals surface area contributed by atoms with Gasteiger partial charge in [0.2, 0.25) is 0 Å². The summed E-state index contributed by atoms with van der Waals surface area (Å²) in [7, 11) is 3.38. The molecule has 3 rings (SSSR count). The molecule has 0 spiro atoms. The molecule has 0 aliphatic heterocycles. The van der Waals surface area contributed by atoms with Gasteiger partial charge in [0.25, 0.3) is 0 Å². The molecular weight excluding hydrogens is 326 g/mol. The van der Waals surface area contributed by atoms with Gasteiger partial charge in [0, 0.05) is 12.6 Å². The molecule has 2 aromatic carbocycles. The van der Waals surface area contributed by atoms with E-state index in [9.17, 15) is 0 Å². The highest BCUT2D eigenvalue weighted by molar-refractivity contribution is 5.43. The minimum atomic E-state index is 0.252. The summed E-state index contributed by atoms with van der Waals surface area (Å²) in [5.74, 6) is 2.55. The van der Waals surface area contributed by atoms with Gasteiger partial charge in [-0.15, -0.1) is 0 Å². The van der Waals surface area contributed by atoms with E-state index in [2.05, 4.69) is 36.5 Å². The third-order valence-corrected chi connectivity index (χ3v) is 5.05. The van der Waals surface area contributed by atoms with Crippen molar-refractivity contribution in [3.05, 3.63) is 53.6 Å². The molecule has 1 atom stereocenters. The van der Waals surface area contributed by atoms with E-state index >= 15 is 0 Å². The van der Waals surface area contributed by atoms with Crippen LogP contribution in [-0.4, -0.2) is 20.3 Å². The second-order valence-electron chi connectivity index (χ2n) is 6.89. The summed E-state index contributed by atoms with van der Waals surface area (Å²) in [5, 5.41) is 3.57. The quantitative estimate of drug-likeness (QED) is 0.733. The normalized spacial score (nSPS) is 15.7. The van der Waals surface area contributed by atoms with Crippen LogP contribution in [0.1, 0.15) is 49.8 Å². The zero-order valence-electron chi connectivity index (χ0n) is 16.0. The predicted molar refractivity (Wildman–Crippen MR) is 104 cm³/mol. The van der Waals surface area contributed by atoms with Crippen molar-refractivity contribution >= 4 is 0 Å². The molecule has 4 heteroatoms. The van der Waals surface area contributed by atoms with Gasteiger partial charge in [-0.25, -0.2) is 0 Å². The molecule has 4 nitrogen and oxygen atoms in total. The van der Waals surface area contributed by atoms with Crippen LogP contribution in [0.4, 0.5) is 0 Å². The predicted octanol–water partition coefficient (Wildman–Crippen LogP) is 4.88. The third-order valence-electron chi connectivity index (χ3n) is 5.05. The van der Waals surface area contributed by atoms with Crippen LogP contribution in [-0.2, 0) is 6.54 Å². The second-order valence-corrected chi connectivity index (χ2v) is 6.89. The summed E-state index contributed by atoms with van der Waals surface area (Å²) in [5.41, 5.74) is 2.43. The first kappa shape index (κ1) is 18.6. The molecule has 2 aromatic rings. The fourth-order valence-electron chi connectivity index (χ4n) is 3.39. The molecule has 1 aliphatic carbocycles. The Labute approximate surface area is 156 Å². The van der Waals surface area contributed by atoms with Crippen LogP contribution in [0.5, 0.6) is 17.2 Å². The number of benzene rings is 2. The number of nitrogens with one attached hydrogen (secondary N) is 1. The average Bonchev–Trinajstić information content (AvgIpc) is 3.19. The maximum atomic E-state index is 6.19. The van der Waals surface area contributed by atoms with Gasteiger partial charge in [0.05, 0.1) is 20.3 Å². The van der Waals surface area contributed by atoms with Crippen molar-refractivity contribution in [2.24, 2.45) is 0 Å². The van der Waals surface area contributed by atoms with Crippen molar-refractivity contribution in [3.63, 3.8) is 0 Å². The summed E-state index contributed by atoms with van der Waals surface area (Å²) in [4.78, 5) is 0. The van der Waals surface area contributed by atoms with E-state index in [1.165, 1.54) is 24.0 Å². The van der Waals surface area contributed by atoms with Crippen LogP contribution in [0.3, 0.4) is 0 Å². The maximum absolute atomic E-state index is 6.19. The zero-order chi connectivity index (χ0) is 18.4. The molecule has 26 heavy (non-hydrogen) atoms. The average molecular weight is 355 g/mol. The van der Waals surface area contributed by atoms with Crippen LogP contribution < -0.4 is 19.5 Å². The Hall–Kier alpha value is -2.20. The second kappa shape index (κ2) is 8.95. The third kappa shape index (κ3) is 4.70. The molecular formula is C22H29NO3. The Balaban J connectivity index is 1.62. The van der Waals surface area contributed by atoms with Gasteiger partial charge in [0.15, 0.2) is 11.5 Å². The first-order chi connectivity index (χ1) is 12.7. The zero-order valence-corrected chi connectivity index (χ0v) is 16.0. The van der Waals surface area contributed by atoms with Gasteiger partial charge in [-0.05, 0) is 68.0 Å². The minimum absolute atomic E-state index is 0.252. The number of methoxy groups -OCH3 is 2. The van der Waals surface area contributed by atoms with E-state index in [1.54, 1.807) is 14.2 Å². The van der Waals surface area contributed by atoms with Gasteiger partial charge in [-0.2, -0.15) is 0 Å². The first-order valence-electron chi connectivity index (χ1n) is 9.40. The summed E-state index contributed by atoms with van der Waals surface area (Å²) in [6.45, 7) is 2.94. The van der Waals surface area contributed by atoms with Crippen molar-refractivity contribution in [2.45, 2.75) is 51.3 Å². The van der Waals surface area contributed by atoms with E-state index in [0.29, 0.717) is 6.10 Å². The summed E-state index contributed by atoms with van der Waals surface area (Å²) >= 11 is 0. The number of ether oxygens (including phenoxy) is 3. The SMILES string of the molecule is COc1ccc([C@@H](C)NCc2ccc(OC)c(OC3CCCC3)c2)cc1. The Morgan fingerprint density at radius 2 is 1.69 bits per heavy atom. The lowest BCUT2D eigenvalue weighted by Gasteiger charge is -2.18. The monoisotopic (exact) mass is 355 g/mol. The van der Waals surface area contributed by atoms with Gasteiger partial charge in [0.1, 0.15) is 5.75 Å². The number of hydrogen-bond donors (Lipinski definition) is 1. The van der Waals surface area contributed by atoms with E-state index in [-0.39, 0.29) is 6.04 Å². The highest BCUT2D eigenvalue weighted by atomic mass is 16.5. The smallest absolute Gasteiger partial charge is 0.161 e. The molecule has 0 heterocycles. The van der Waals surface area contributed by atoms with Crippen molar-refractivity contribution in [3.8, 4) is 17.2 Å². The van der Waals surface area contributed by atoms with Crippen molar-refractivity contribution in [2.75, 3.05) is 14.2 Å². The highest BCUT2D eigenvalue weighted by Gasteiger charge is 2.18. The maximum Gasteiger partial charge on any atom is 0.161 e. The van der Waals surface area contributed by atoms with Crippen LogP contribution in [0.2, 0.25) is 0 Å². The summed E-state index contributed by atoms with van der Waals surface area (Å²) < 4.78 is 16.9. The van der Waals surface area contributed by atoms with E-state index < -0.39 is 0 Å². The lowest BCUT2D eigenvalue weighted by atomic mass is 10.1. The summed E-state index contributed by atoms with van der Waals surface area (Å²) in [6, 6.07) is 14.6. The summed E-state index contributed by atoms with van der Waals surface area (Å²) in [6.07, 6.45) is 5.12. The Bertz CT molecular complexity index is 693. The molecule has 0 aromatic heterocycles. The molecule has 140 valence electrons. The molecule has 0 unspecified atom stereocenters. The van der Waals surface area contributed by atoms with Crippen molar-refractivity contribution in [1.29, 1.82) is 0 Å². The van der Waals surface area contributed by atoms with E-state index in [0.717, 1.165) is 36.6 Å². The fraction of sp³-hybridized carbons (Fsp3) is 0.455. The molecule has 0 bridgehead atoms. The Morgan fingerprint density at radius 1 is 0.962 bits per heavy atom. The Kier molecular flexibility index (Phi) is 6.40. The molecule has 1 N–H and O–H groups in total. The standard InChI is InChI=1S/C22H29NO3/c1-16(18-9-11-19(24-2)12-10-18)23-15-17-8-13-21(25-3)22(14-17)26-20-6-4-5-7-20/h8-14,16,20,23H,4-7,15H2,1-3H3/t16-/m1/s1. The molecule has 0 amide bonds. The lowest BCUT2D eigenvalue weighted by molar-refractivity contribution is 0.200. The molecule has 1 aliphatic rings. The topological polar surface area (TPSA) is 39.7 Å². The van der Waals surface area contributed by atoms with Crippen LogP contribution >= 0.6 is 0 Å². The molecule has 1 saturated carbocycles. The fourth-order valence-corrected chi connectivity index (χ4v) is 3.39. The minimum Gasteiger partial charge on any atom is -0.497 e. The van der Waals surface area contributed by atoms with E-state index in [1.807, 2.05) is 18.2 Å². The van der Waals surface area contributed by atoms with Gasteiger partial charge in [-0.1, -0.05) is 18.2 Å². The first-order valence-corrected chi connectivity index (χ1v) is 9.40. The van der Waals surface area contributed by atoms with E-state index in [4.69, 9.17) is 14.2 Å². The van der Waals surface area contributed by atoms with Crippen molar-refractivity contribution < 1.29 is 14.2 Å². The molecule has 0 saturated heterocycles. The number of rotatable bonds is 8. The highest BCUT2D eigenvalue weighted by Crippen LogP contribution is 2.32. The van der Waals surface area contributed by atoms with Crippen LogP contribution in [0.25, 0.3) is 0 Å². The Morgan fingerprint density at radius 3 is 2.35 bits per heavy atom. The van der Waals surface area contributed by atoms with Gasteiger partial charge < -0.3 is 19.5 Å². The number of hydrogen-bond acceptors (Lipinski definition) is 4. The molecule has 1 fully saturated rings. The molecule has 0 radical (unpaired) electrons. The largest absolute Gasteiger partial charge is 0.497 e. The van der Waals surface area contributed by atoms with Crippen LogP contribution in [0.15, 0.2) is 42.5 Å². The lowest BCUT2D eigenvalue weighted by Crippen LogP contribution is -2.18. The van der Waals surface area contributed by atoms with Crippen LogP contribution in [0, 0.1) is 0 Å². The van der Waals surface area contributed by atoms with Crippen molar-refractivity contribution in [1.82, 2.24) is 5.32 Å².